The molecule has 2 fully saturated rings. The number of carboxylic acid groups (broad SMARTS) is 2. The predicted molar refractivity (Wildman–Crippen MR) is 97.1 cm³/mol. The zero-order chi connectivity index (χ0) is 24.7. The van der Waals surface area contributed by atoms with Gasteiger partial charge in [0.25, 0.3) is 0 Å². The number of likely N-dealkylation sites (N-methyl/N-ethyl adjacent to an activating group) is 1. The number of hydrogen-bond donors (Lipinski definition) is 3. The fraction of sp³-hybridized carbons (Fsp3) is 0.667. The Morgan fingerprint density at radius 1 is 1.06 bits per heavy atom. The Hall–Kier alpha value is -2.69. The largest absolute Gasteiger partial charge is 0.490 e. The van der Waals surface area contributed by atoms with Gasteiger partial charge >= 0.3 is 24.3 Å². The normalized spacial score (nSPS) is 18.6. The Morgan fingerprint density at radius 2 is 1.53 bits per heavy atom. The summed E-state index contributed by atoms with van der Waals surface area (Å²) < 4.78 is 63.5. The molecule has 0 radical (unpaired) electrons. The molecule has 0 unspecified atom stereocenters. The number of nitrogens with one attached hydrogen (secondary N) is 1. The molecule has 2 aliphatic rings. The van der Waals surface area contributed by atoms with Crippen molar-refractivity contribution in [3.8, 4) is 0 Å². The molecule has 1 amide bonds. The van der Waals surface area contributed by atoms with Crippen LogP contribution in [0.2, 0.25) is 0 Å². The summed E-state index contributed by atoms with van der Waals surface area (Å²) >= 11 is 1.56. The maximum Gasteiger partial charge on any atom is 0.490 e. The van der Waals surface area contributed by atoms with Gasteiger partial charge in [0, 0.05) is 26.2 Å². The average Bonchev–Trinajstić information content (AvgIpc) is 3.21. The molecule has 3 heterocycles. The Bertz CT molecular complexity index is 757. The lowest BCUT2D eigenvalue weighted by molar-refractivity contribution is -0.193. The van der Waals surface area contributed by atoms with Gasteiger partial charge in [-0.15, -0.1) is 10.2 Å². The number of carboxylic acids is 2. The van der Waals surface area contributed by atoms with E-state index in [1.165, 1.54) is 0 Å². The van der Waals surface area contributed by atoms with Crippen LogP contribution in [-0.4, -0.2) is 94.3 Å². The SMILES string of the molecule is CN1CCNC(=O)C12CCN(c1nncs1)CC2.O=C(O)C(F)(F)F.O=C(O)C(F)(F)F. The Kier molecular flexibility index (Phi) is 9.19. The molecule has 3 rings (SSSR count). The third-order valence-electron chi connectivity index (χ3n) is 4.58. The fourth-order valence-electron chi connectivity index (χ4n) is 2.87. The first kappa shape index (κ1) is 27.3. The molecule has 1 aromatic heterocycles. The van der Waals surface area contributed by atoms with E-state index in [0.29, 0.717) is 0 Å². The molecular formula is C15H19F6N5O5S. The van der Waals surface area contributed by atoms with Gasteiger partial charge in [-0.05, 0) is 19.9 Å². The predicted octanol–water partition coefficient (Wildman–Crippen LogP) is 1.21. The lowest BCUT2D eigenvalue weighted by Crippen LogP contribution is -2.66. The van der Waals surface area contributed by atoms with Gasteiger partial charge in [-0.25, -0.2) is 9.59 Å². The van der Waals surface area contributed by atoms with E-state index in [1.807, 2.05) is 0 Å². The Labute approximate surface area is 180 Å². The van der Waals surface area contributed by atoms with Crippen molar-refractivity contribution < 1.29 is 50.9 Å². The number of carbonyl (C=O) groups is 3. The summed E-state index contributed by atoms with van der Waals surface area (Å²) in [6.45, 7) is 3.43. The van der Waals surface area contributed by atoms with Crippen molar-refractivity contribution in [2.24, 2.45) is 0 Å². The lowest BCUT2D eigenvalue weighted by atomic mass is 9.84. The molecule has 0 atom stereocenters. The summed E-state index contributed by atoms with van der Waals surface area (Å²) in [4.78, 5) is 34.4. The molecule has 10 nitrogen and oxygen atoms in total. The summed E-state index contributed by atoms with van der Waals surface area (Å²) in [5.74, 6) is -5.33. The van der Waals surface area contributed by atoms with Crippen LogP contribution >= 0.6 is 11.3 Å². The van der Waals surface area contributed by atoms with Gasteiger partial charge in [0.05, 0.1) is 0 Å². The van der Waals surface area contributed by atoms with Gasteiger partial charge in [-0.2, -0.15) is 26.3 Å². The molecule has 1 aromatic rings. The van der Waals surface area contributed by atoms with E-state index in [2.05, 4.69) is 32.4 Å². The first-order chi connectivity index (χ1) is 14.6. The molecule has 182 valence electrons. The minimum Gasteiger partial charge on any atom is -0.475 e. The minimum absolute atomic E-state index is 0.188. The molecule has 17 heteroatoms. The monoisotopic (exact) mass is 495 g/mol. The summed E-state index contributed by atoms with van der Waals surface area (Å²) in [5.41, 5.74) is 1.44. The van der Waals surface area contributed by atoms with Crippen LogP contribution in [0.1, 0.15) is 12.8 Å². The van der Waals surface area contributed by atoms with Crippen molar-refractivity contribution in [1.29, 1.82) is 0 Å². The molecule has 1 spiro atoms. The standard InChI is InChI=1S/C11H17N5OS.2C2HF3O2/c1-15-7-4-12-9(17)11(15)2-5-16(6-3-11)10-14-13-8-18-10;2*3-2(4,5)1(6)7/h8H,2-7H2,1H3,(H,12,17);2*(H,6,7). The second-order valence-corrected chi connectivity index (χ2v) is 7.33. The number of hydrogen-bond acceptors (Lipinski definition) is 8. The van der Waals surface area contributed by atoms with Crippen molar-refractivity contribution in [1.82, 2.24) is 20.4 Å². The molecule has 3 N–H and O–H groups in total. The van der Waals surface area contributed by atoms with Gasteiger partial charge in [0.15, 0.2) is 0 Å². The van der Waals surface area contributed by atoms with E-state index in [4.69, 9.17) is 19.8 Å². The van der Waals surface area contributed by atoms with E-state index < -0.39 is 24.3 Å². The second kappa shape index (κ2) is 10.8. The highest BCUT2D eigenvalue weighted by Gasteiger charge is 2.46. The third kappa shape index (κ3) is 7.47. The molecule has 2 saturated heterocycles. The van der Waals surface area contributed by atoms with Crippen LogP contribution in [0.5, 0.6) is 0 Å². The first-order valence-electron chi connectivity index (χ1n) is 8.72. The fourth-order valence-corrected chi connectivity index (χ4v) is 3.49. The number of halogens is 6. The first-order valence-corrected chi connectivity index (χ1v) is 9.60. The van der Waals surface area contributed by atoms with Crippen molar-refractivity contribution in [3.63, 3.8) is 0 Å². The lowest BCUT2D eigenvalue weighted by Gasteiger charge is -2.48. The number of carbonyl (C=O) groups excluding carboxylic acids is 1. The molecule has 0 saturated carbocycles. The van der Waals surface area contributed by atoms with Crippen LogP contribution in [-0.2, 0) is 14.4 Å². The Balaban J connectivity index is 0.000000305. The van der Waals surface area contributed by atoms with E-state index in [9.17, 15) is 31.1 Å². The van der Waals surface area contributed by atoms with E-state index in [-0.39, 0.29) is 11.4 Å². The van der Waals surface area contributed by atoms with Crippen LogP contribution < -0.4 is 10.2 Å². The number of piperazine rings is 1. The number of aliphatic carboxylic acids is 2. The molecule has 2 aliphatic heterocycles. The second-order valence-electron chi connectivity index (χ2n) is 6.52. The topological polar surface area (TPSA) is 136 Å². The summed E-state index contributed by atoms with van der Waals surface area (Å²) in [6.07, 6.45) is -8.45. The van der Waals surface area contributed by atoms with Gasteiger partial charge in [0.1, 0.15) is 11.0 Å². The van der Waals surface area contributed by atoms with Crippen molar-refractivity contribution in [3.05, 3.63) is 5.51 Å². The highest BCUT2D eigenvalue weighted by molar-refractivity contribution is 7.13. The smallest absolute Gasteiger partial charge is 0.475 e. The zero-order valence-electron chi connectivity index (χ0n) is 16.4. The number of nitrogens with zero attached hydrogens (tertiary/aromatic N) is 4. The summed E-state index contributed by atoms with van der Waals surface area (Å²) in [6, 6.07) is 0. The van der Waals surface area contributed by atoms with Gasteiger partial charge in [-0.3, -0.25) is 9.69 Å². The van der Waals surface area contributed by atoms with Crippen molar-refractivity contribution in [2.75, 3.05) is 38.1 Å². The average molecular weight is 495 g/mol. The number of rotatable bonds is 1. The van der Waals surface area contributed by atoms with Crippen LogP contribution in [0.4, 0.5) is 31.5 Å². The molecular weight excluding hydrogens is 476 g/mol. The molecule has 0 bridgehead atoms. The van der Waals surface area contributed by atoms with Gasteiger partial charge < -0.3 is 20.4 Å². The number of aromatic nitrogens is 2. The summed E-state index contributed by atoms with van der Waals surface area (Å²) in [5, 5.41) is 26.2. The number of amides is 1. The third-order valence-corrected chi connectivity index (χ3v) is 5.33. The van der Waals surface area contributed by atoms with E-state index >= 15 is 0 Å². The van der Waals surface area contributed by atoms with Crippen molar-refractivity contribution >= 4 is 34.3 Å². The number of piperidine rings is 1. The van der Waals surface area contributed by atoms with E-state index in [0.717, 1.165) is 44.2 Å². The molecule has 32 heavy (non-hydrogen) atoms. The maximum atomic E-state index is 12.2. The van der Waals surface area contributed by atoms with Crippen LogP contribution in [0.15, 0.2) is 5.51 Å². The Morgan fingerprint density at radius 3 is 1.88 bits per heavy atom. The summed E-state index contributed by atoms with van der Waals surface area (Å²) in [7, 11) is 2.05. The number of anilines is 1. The zero-order valence-corrected chi connectivity index (χ0v) is 17.2. The maximum absolute atomic E-state index is 12.2. The van der Waals surface area contributed by atoms with Crippen molar-refractivity contribution in [2.45, 2.75) is 30.7 Å². The molecule has 0 aliphatic carbocycles. The van der Waals surface area contributed by atoms with E-state index in [1.54, 1.807) is 16.8 Å². The highest BCUT2D eigenvalue weighted by atomic mass is 32.1. The molecule has 0 aromatic carbocycles. The minimum atomic E-state index is -5.08. The van der Waals surface area contributed by atoms with Crippen LogP contribution in [0.25, 0.3) is 0 Å². The number of alkyl halides is 6. The van der Waals surface area contributed by atoms with Crippen LogP contribution in [0.3, 0.4) is 0 Å². The van der Waals surface area contributed by atoms with Gasteiger partial charge in [-0.1, -0.05) is 11.3 Å². The quantitative estimate of drug-likeness (QED) is 0.491. The van der Waals surface area contributed by atoms with Crippen LogP contribution in [0, 0.1) is 0 Å². The van der Waals surface area contributed by atoms with Gasteiger partial charge in [0.2, 0.25) is 11.0 Å². The highest BCUT2D eigenvalue weighted by Crippen LogP contribution is 2.32.